The van der Waals surface area contributed by atoms with Crippen molar-refractivity contribution in [3.05, 3.63) is 12.7 Å². The number of aromatic nitrogens is 4. The number of imidazole rings is 1. The van der Waals surface area contributed by atoms with E-state index in [-0.39, 0.29) is 25.4 Å². The van der Waals surface area contributed by atoms with E-state index in [1.165, 1.54) is 12.7 Å². The molecule has 0 spiro atoms. The molecule has 0 aromatic carbocycles. The van der Waals surface area contributed by atoms with Crippen molar-refractivity contribution in [1.82, 2.24) is 19.5 Å². The topological polar surface area (TPSA) is 107 Å². The Morgan fingerprint density at radius 3 is 3.00 bits per heavy atom. The zero-order valence-corrected chi connectivity index (χ0v) is 8.50. The van der Waals surface area contributed by atoms with Gasteiger partial charge in [0.05, 0.1) is 19.5 Å². The van der Waals surface area contributed by atoms with Crippen LogP contribution in [-0.4, -0.2) is 37.0 Å². The lowest BCUT2D eigenvalue weighted by Crippen LogP contribution is -2.11. The zero-order chi connectivity index (χ0) is 11.5. The number of aliphatic hydroxyl groups is 1. The number of rotatable bonds is 4. The summed E-state index contributed by atoms with van der Waals surface area (Å²) in [6.45, 7) is -0.0178. The molecular weight excluding hydrogens is 210 g/mol. The van der Waals surface area contributed by atoms with E-state index in [9.17, 15) is 4.79 Å². The highest BCUT2D eigenvalue weighted by molar-refractivity contribution is 5.84. The molecule has 0 aliphatic carbocycles. The van der Waals surface area contributed by atoms with Gasteiger partial charge in [-0.05, 0) is 0 Å². The Kier molecular flexibility index (Phi) is 2.78. The van der Waals surface area contributed by atoms with Gasteiger partial charge in [-0.1, -0.05) is 0 Å². The first kappa shape index (κ1) is 10.5. The molecule has 3 N–H and O–H groups in total. The second-order valence-corrected chi connectivity index (χ2v) is 3.32. The fourth-order valence-corrected chi connectivity index (χ4v) is 1.41. The van der Waals surface area contributed by atoms with Crippen molar-refractivity contribution in [2.75, 3.05) is 12.3 Å². The SMILES string of the molecule is Nc1ncnc2c1ncn2CC(=O)CCO. The molecule has 0 radical (unpaired) electrons. The van der Waals surface area contributed by atoms with Crippen molar-refractivity contribution < 1.29 is 9.90 Å². The summed E-state index contributed by atoms with van der Waals surface area (Å²) >= 11 is 0. The van der Waals surface area contributed by atoms with Crippen LogP contribution < -0.4 is 5.73 Å². The monoisotopic (exact) mass is 221 g/mol. The molecular formula is C9H11N5O2. The maximum Gasteiger partial charge on any atom is 0.165 e. The summed E-state index contributed by atoms with van der Waals surface area (Å²) in [5, 5.41) is 8.63. The molecule has 0 aliphatic heterocycles. The second-order valence-electron chi connectivity index (χ2n) is 3.32. The average Bonchev–Trinajstić information content (AvgIpc) is 2.64. The van der Waals surface area contributed by atoms with Gasteiger partial charge in [-0.3, -0.25) is 4.79 Å². The molecule has 84 valence electrons. The summed E-state index contributed by atoms with van der Waals surface area (Å²) in [6.07, 6.45) is 2.94. The number of anilines is 1. The average molecular weight is 221 g/mol. The third kappa shape index (κ3) is 1.84. The minimum atomic E-state index is -0.150. The van der Waals surface area contributed by atoms with E-state index in [0.717, 1.165) is 0 Å². The summed E-state index contributed by atoms with van der Waals surface area (Å²) in [5.41, 5.74) is 6.62. The fraction of sp³-hybridized carbons (Fsp3) is 0.333. The Balaban J connectivity index is 2.32. The number of fused-ring (bicyclic) bond motifs is 1. The molecule has 16 heavy (non-hydrogen) atoms. The number of nitrogens with two attached hydrogens (primary N) is 1. The third-order valence-electron chi connectivity index (χ3n) is 2.17. The molecule has 2 rings (SSSR count). The molecule has 7 nitrogen and oxygen atoms in total. The number of carbonyl (C=O) groups excluding carboxylic acids is 1. The number of carbonyl (C=O) groups is 1. The number of nitrogens with zero attached hydrogens (tertiary/aromatic N) is 4. The van der Waals surface area contributed by atoms with Crippen molar-refractivity contribution in [2.24, 2.45) is 0 Å². The largest absolute Gasteiger partial charge is 0.396 e. The Bertz CT molecular complexity index is 522. The minimum Gasteiger partial charge on any atom is -0.396 e. The maximum absolute atomic E-state index is 11.4. The highest BCUT2D eigenvalue weighted by Gasteiger charge is 2.10. The predicted octanol–water partition coefficient (Wildman–Crippen LogP) is -0.640. The summed E-state index contributed by atoms with van der Waals surface area (Å²) in [6, 6.07) is 0. The molecule has 0 atom stereocenters. The van der Waals surface area contributed by atoms with Crippen molar-refractivity contribution in [1.29, 1.82) is 0 Å². The van der Waals surface area contributed by atoms with Gasteiger partial charge in [-0.2, -0.15) is 0 Å². The lowest BCUT2D eigenvalue weighted by Gasteiger charge is -2.01. The fourth-order valence-electron chi connectivity index (χ4n) is 1.41. The van der Waals surface area contributed by atoms with E-state index in [1.807, 2.05) is 0 Å². The minimum absolute atomic E-state index is 0.0843. The van der Waals surface area contributed by atoms with E-state index in [4.69, 9.17) is 10.8 Å². The van der Waals surface area contributed by atoms with Gasteiger partial charge >= 0.3 is 0 Å². The van der Waals surface area contributed by atoms with Gasteiger partial charge in [-0.25, -0.2) is 15.0 Å². The van der Waals surface area contributed by atoms with Gasteiger partial charge in [0.2, 0.25) is 0 Å². The molecule has 0 saturated heterocycles. The lowest BCUT2D eigenvalue weighted by molar-refractivity contribution is -0.120. The Hall–Kier alpha value is -2.02. The van der Waals surface area contributed by atoms with Crippen LogP contribution in [0.5, 0.6) is 0 Å². The molecule has 0 aliphatic rings. The summed E-state index contributed by atoms with van der Waals surface area (Å²) in [7, 11) is 0. The van der Waals surface area contributed by atoms with Crippen LogP contribution in [0.4, 0.5) is 5.82 Å². The number of nitrogen functional groups attached to an aromatic ring is 1. The molecule has 0 unspecified atom stereocenters. The van der Waals surface area contributed by atoms with Crippen molar-refractivity contribution in [3.63, 3.8) is 0 Å². The van der Waals surface area contributed by atoms with Crippen LogP contribution in [0.15, 0.2) is 12.7 Å². The van der Waals surface area contributed by atoms with E-state index >= 15 is 0 Å². The Morgan fingerprint density at radius 1 is 1.44 bits per heavy atom. The highest BCUT2D eigenvalue weighted by atomic mass is 16.3. The Labute approximate surface area is 90.9 Å². The van der Waals surface area contributed by atoms with E-state index in [2.05, 4.69) is 15.0 Å². The van der Waals surface area contributed by atoms with E-state index in [1.54, 1.807) is 4.57 Å². The number of hydrogen-bond donors (Lipinski definition) is 2. The van der Waals surface area contributed by atoms with Crippen LogP contribution >= 0.6 is 0 Å². The molecule has 2 heterocycles. The van der Waals surface area contributed by atoms with Gasteiger partial charge in [0, 0.05) is 6.42 Å². The number of Topliss-reactive ketones (excluding diaryl/α,β-unsaturated/α-hetero) is 1. The van der Waals surface area contributed by atoms with Crippen LogP contribution in [0.1, 0.15) is 6.42 Å². The maximum atomic E-state index is 11.4. The highest BCUT2D eigenvalue weighted by Crippen LogP contribution is 2.13. The first-order valence-corrected chi connectivity index (χ1v) is 4.76. The van der Waals surface area contributed by atoms with Crippen LogP contribution in [0.2, 0.25) is 0 Å². The standard InChI is InChI=1S/C9H11N5O2/c10-8-7-9(12-4-11-8)14(5-13-7)3-6(16)1-2-15/h4-5,15H,1-3H2,(H2,10,11,12). The lowest BCUT2D eigenvalue weighted by atomic mass is 10.3. The van der Waals surface area contributed by atoms with Crippen molar-refractivity contribution in [3.8, 4) is 0 Å². The number of aliphatic hydroxyl groups excluding tert-OH is 1. The normalized spacial score (nSPS) is 10.8. The van der Waals surface area contributed by atoms with Gasteiger partial charge in [0.25, 0.3) is 0 Å². The molecule has 0 fully saturated rings. The van der Waals surface area contributed by atoms with E-state index < -0.39 is 0 Å². The van der Waals surface area contributed by atoms with Crippen molar-refractivity contribution in [2.45, 2.75) is 13.0 Å². The van der Waals surface area contributed by atoms with Crippen LogP contribution in [-0.2, 0) is 11.3 Å². The predicted molar refractivity (Wildman–Crippen MR) is 56.4 cm³/mol. The molecule has 0 amide bonds. The summed E-state index contributed by atoms with van der Waals surface area (Å²) in [4.78, 5) is 23.2. The van der Waals surface area contributed by atoms with E-state index in [0.29, 0.717) is 17.0 Å². The zero-order valence-electron chi connectivity index (χ0n) is 8.50. The first-order valence-electron chi connectivity index (χ1n) is 4.76. The Morgan fingerprint density at radius 2 is 2.25 bits per heavy atom. The van der Waals surface area contributed by atoms with Gasteiger partial charge in [0.15, 0.2) is 17.2 Å². The quantitative estimate of drug-likeness (QED) is 0.711. The molecule has 7 heteroatoms. The van der Waals surface area contributed by atoms with Gasteiger partial charge in [-0.15, -0.1) is 0 Å². The smallest absolute Gasteiger partial charge is 0.165 e. The molecule has 2 aromatic heterocycles. The summed E-state index contributed by atoms with van der Waals surface area (Å²) < 4.78 is 1.59. The van der Waals surface area contributed by atoms with Gasteiger partial charge < -0.3 is 15.4 Å². The van der Waals surface area contributed by atoms with Crippen molar-refractivity contribution >= 4 is 22.8 Å². The van der Waals surface area contributed by atoms with Gasteiger partial charge in [0.1, 0.15) is 11.8 Å². The molecule has 2 aromatic rings. The number of hydrogen-bond acceptors (Lipinski definition) is 6. The third-order valence-corrected chi connectivity index (χ3v) is 2.17. The van der Waals surface area contributed by atoms with Crippen LogP contribution in [0.3, 0.4) is 0 Å². The second kappa shape index (κ2) is 4.23. The number of ketones is 1. The van der Waals surface area contributed by atoms with Crippen LogP contribution in [0.25, 0.3) is 11.2 Å². The molecule has 0 saturated carbocycles. The molecule has 0 bridgehead atoms. The summed E-state index contributed by atoms with van der Waals surface area (Å²) in [5.74, 6) is 0.206. The van der Waals surface area contributed by atoms with Crippen LogP contribution in [0, 0.1) is 0 Å². The first-order chi connectivity index (χ1) is 7.72.